The summed E-state index contributed by atoms with van der Waals surface area (Å²) in [5.74, 6) is 0. The van der Waals surface area contributed by atoms with Gasteiger partial charge >= 0.3 is 0 Å². The molecular weight excluding hydrogens is 268 g/mol. The van der Waals surface area contributed by atoms with Crippen LogP contribution in [-0.4, -0.2) is 9.55 Å². The van der Waals surface area contributed by atoms with Crippen molar-refractivity contribution < 1.29 is 0 Å². The maximum atomic E-state index is 12.7. The molecule has 0 saturated heterocycles. The highest BCUT2D eigenvalue weighted by molar-refractivity contribution is 7.71. The van der Waals surface area contributed by atoms with Crippen LogP contribution in [0, 0.1) is 4.77 Å². The van der Waals surface area contributed by atoms with E-state index in [-0.39, 0.29) is 5.56 Å². The minimum Gasteiger partial charge on any atom is -0.335 e. The lowest BCUT2D eigenvalue weighted by molar-refractivity contribution is 0.644. The van der Waals surface area contributed by atoms with Gasteiger partial charge < -0.3 is 4.98 Å². The van der Waals surface area contributed by atoms with Crippen molar-refractivity contribution >= 4 is 12.2 Å². The first kappa shape index (κ1) is 13.3. The maximum absolute atomic E-state index is 12.7. The molecule has 3 nitrogen and oxygen atoms in total. The summed E-state index contributed by atoms with van der Waals surface area (Å²) in [5, 5.41) is 0. The van der Waals surface area contributed by atoms with Crippen LogP contribution in [0.2, 0.25) is 0 Å². The number of aryl methyl sites for hydroxylation is 2. The van der Waals surface area contributed by atoms with E-state index in [0.29, 0.717) is 4.77 Å². The minimum absolute atomic E-state index is 0.0488. The summed E-state index contributed by atoms with van der Waals surface area (Å²) in [5.41, 5.74) is 4.10. The Morgan fingerprint density at radius 2 is 1.90 bits per heavy atom. The van der Waals surface area contributed by atoms with Gasteiger partial charge in [0.25, 0.3) is 5.56 Å². The van der Waals surface area contributed by atoms with Crippen LogP contribution >= 0.6 is 12.2 Å². The van der Waals surface area contributed by atoms with Gasteiger partial charge in [-0.05, 0) is 62.0 Å². The standard InChI is InChI=1S/C16H18N2OS/c1-2-11-7-9-12(10-8-11)18-15(19)13-5-3-4-6-14(13)17-16(18)20/h7-10H,2-6H2,1H3,(H,17,20). The number of hydrogen-bond donors (Lipinski definition) is 1. The van der Waals surface area contributed by atoms with Crippen LogP contribution in [-0.2, 0) is 19.3 Å². The van der Waals surface area contributed by atoms with Gasteiger partial charge in [0.05, 0.1) is 5.69 Å². The summed E-state index contributed by atoms with van der Waals surface area (Å²) in [6.07, 6.45) is 5.00. The molecule has 4 heteroatoms. The van der Waals surface area contributed by atoms with Crippen LogP contribution in [0.1, 0.15) is 36.6 Å². The molecule has 0 spiro atoms. The molecule has 1 aromatic heterocycles. The second-order valence-electron chi connectivity index (χ2n) is 5.25. The van der Waals surface area contributed by atoms with Gasteiger partial charge in [-0.15, -0.1) is 0 Å². The first-order chi connectivity index (χ1) is 9.70. The van der Waals surface area contributed by atoms with E-state index in [1.807, 2.05) is 12.1 Å². The molecule has 0 amide bonds. The fraction of sp³-hybridized carbons (Fsp3) is 0.375. The van der Waals surface area contributed by atoms with Crippen LogP contribution in [0.15, 0.2) is 29.1 Å². The smallest absolute Gasteiger partial charge is 0.262 e. The molecule has 0 atom stereocenters. The van der Waals surface area contributed by atoms with Gasteiger partial charge in [0, 0.05) is 11.3 Å². The molecule has 0 fully saturated rings. The SMILES string of the molecule is CCc1ccc(-n2c(=S)[nH]c3c(c2=O)CCCC3)cc1. The van der Waals surface area contributed by atoms with E-state index < -0.39 is 0 Å². The molecule has 0 unspecified atom stereocenters. The summed E-state index contributed by atoms with van der Waals surface area (Å²) in [6, 6.07) is 8.05. The van der Waals surface area contributed by atoms with Crippen molar-refractivity contribution in [2.75, 3.05) is 0 Å². The lowest BCUT2D eigenvalue weighted by atomic mass is 9.97. The van der Waals surface area contributed by atoms with E-state index in [0.717, 1.165) is 49.0 Å². The highest BCUT2D eigenvalue weighted by Crippen LogP contribution is 2.17. The molecule has 1 aliphatic carbocycles. The fourth-order valence-electron chi connectivity index (χ4n) is 2.81. The average molecular weight is 286 g/mol. The summed E-state index contributed by atoms with van der Waals surface area (Å²) in [7, 11) is 0. The van der Waals surface area contributed by atoms with Crippen molar-refractivity contribution in [3.05, 3.63) is 56.2 Å². The second-order valence-corrected chi connectivity index (χ2v) is 5.64. The molecule has 1 heterocycles. The van der Waals surface area contributed by atoms with Gasteiger partial charge in [0.2, 0.25) is 0 Å². The van der Waals surface area contributed by atoms with E-state index in [1.54, 1.807) is 4.57 Å². The van der Waals surface area contributed by atoms with E-state index in [1.165, 1.54) is 5.56 Å². The van der Waals surface area contributed by atoms with Crippen LogP contribution in [0.5, 0.6) is 0 Å². The average Bonchev–Trinajstić information content (AvgIpc) is 2.48. The normalized spacial score (nSPS) is 14.1. The van der Waals surface area contributed by atoms with Crippen LogP contribution < -0.4 is 5.56 Å². The number of aromatic nitrogens is 2. The van der Waals surface area contributed by atoms with Crippen molar-refractivity contribution in [3.8, 4) is 5.69 Å². The quantitative estimate of drug-likeness (QED) is 0.860. The minimum atomic E-state index is 0.0488. The highest BCUT2D eigenvalue weighted by Gasteiger charge is 2.16. The number of nitrogens with zero attached hydrogens (tertiary/aromatic N) is 1. The summed E-state index contributed by atoms with van der Waals surface area (Å²) < 4.78 is 2.12. The molecule has 0 radical (unpaired) electrons. The van der Waals surface area contributed by atoms with E-state index in [9.17, 15) is 4.79 Å². The van der Waals surface area contributed by atoms with Crippen LogP contribution in [0.4, 0.5) is 0 Å². The predicted octanol–water partition coefficient (Wildman–Crippen LogP) is 3.34. The van der Waals surface area contributed by atoms with Gasteiger partial charge in [0.15, 0.2) is 4.77 Å². The molecule has 0 bridgehead atoms. The Morgan fingerprint density at radius 1 is 1.20 bits per heavy atom. The first-order valence-corrected chi connectivity index (χ1v) is 7.58. The zero-order valence-corrected chi connectivity index (χ0v) is 12.4. The molecule has 1 N–H and O–H groups in total. The van der Waals surface area contributed by atoms with E-state index in [4.69, 9.17) is 12.2 Å². The summed E-state index contributed by atoms with van der Waals surface area (Å²) in [6.45, 7) is 2.12. The van der Waals surface area contributed by atoms with Crippen molar-refractivity contribution in [1.29, 1.82) is 0 Å². The topological polar surface area (TPSA) is 37.8 Å². The van der Waals surface area contributed by atoms with Crippen molar-refractivity contribution in [3.63, 3.8) is 0 Å². The molecule has 20 heavy (non-hydrogen) atoms. The molecule has 0 aliphatic heterocycles. The summed E-state index contributed by atoms with van der Waals surface area (Å²) >= 11 is 5.38. The predicted molar refractivity (Wildman–Crippen MR) is 83.2 cm³/mol. The zero-order valence-electron chi connectivity index (χ0n) is 11.6. The first-order valence-electron chi connectivity index (χ1n) is 7.17. The Morgan fingerprint density at radius 3 is 2.60 bits per heavy atom. The lowest BCUT2D eigenvalue weighted by Crippen LogP contribution is -2.28. The Hall–Kier alpha value is -1.68. The van der Waals surface area contributed by atoms with Gasteiger partial charge in [-0.3, -0.25) is 9.36 Å². The maximum Gasteiger partial charge on any atom is 0.262 e. The van der Waals surface area contributed by atoms with Gasteiger partial charge in [-0.25, -0.2) is 0 Å². The number of rotatable bonds is 2. The largest absolute Gasteiger partial charge is 0.335 e. The van der Waals surface area contributed by atoms with Gasteiger partial charge in [0.1, 0.15) is 0 Å². The number of hydrogen-bond acceptors (Lipinski definition) is 2. The molecule has 104 valence electrons. The second kappa shape index (κ2) is 5.37. The third-order valence-corrected chi connectivity index (χ3v) is 4.28. The van der Waals surface area contributed by atoms with E-state index in [2.05, 4.69) is 24.0 Å². The number of benzene rings is 1. The number of fused-ring (bicyclic) bond motifs is 1. The Labute approximate surface area is 123 Å². The molecule has 3 rings (SSSR count). The highest BCUT2D eigenvalue weighted by atomic mass is 32.1. The van der Waals surface area contributed by atoms with Gasteiger partial charge in [-0.2, -0.15) is 0 Å². The third kappa shape index (κ3) is 2.24. The van der Waals surface area contributed by atoms with Crippen LogP contribution in [0.3, 0.4) is 0 Å². The van der Waals surface area contributed by atoms with Crippen LogP contribution in [0.25, 0.3) is 5.69 Å². The Kier molecular flexibility index (Phi) is 3.57. The lowest BCUT2D eigenvalue weighted by Gasteiger charge is -2.17. The number of H-pyrrole nitrogens is 1. The molecule has 2 aromatic rings. The van der Waals surface area contributed by atoms with Crippen molar-refractivity contribution in [2.24, 2.45) is 0 Å². The molecular formula is C16H18N2OS. The Bertz CT molecular complexity index is 741. The Balaban J connectivity index is 2.18. The van der Waals surface area contributed by atoms with Gasteiger partial charge in [-0.1, -0.05) is 19.1 Å². The number of aromatic amines is 1. The fourth-order valence-corrected chi connectivity index (χ4v) is 3.12. The monoisotopic (exact) mass is 286 g/mol. The molecule has 1 aliphatic rings. The van der Waals surface area contributed by atoms with Crippen molar-refractivity contribution in [2.45, 2.75) is 39.0 Å². The third-order valence-electron chi connectivity index (χ3n) is 3.99. The number of nitrogens with one attached hydrogen (secondary N) is 1. The summed E-state index contributed by atoms with van der Waals surface area (Å²) in [4.78, 5) is 15.9. The van der Waals surface area contributed by atoms with Crippen molar-refractivity contribution in [1.82, 2.24) is 9.55 Å². The molecule has 1 aromatic carbocycles. The zero-order chi connectivity index (χ0) is 14.1. The van der Waals surface area contributed by atoms with E-state index >= 15 is 0 Å². The molecule has 0 saturated carbocycles.